The first kappa shape index (κ1) is 22.9. The molecule has 0 saturated carbocycles. The van der Waals surface area contributed by atoms with Crippen molar-refractivity contribution in [2.45, 2.75) is 49.5 Å². The third kappa shape index (κ3) is 4.67. The van der Waals surface area contributed by atoms with Crippen molar-refractivity contribution in [1.82, 2.24) is 24.5 Å². The molecule has 180 valence electrons. The molecule has 0 radical (unpaired) electrons. The number of likely N-dealkylation sites (tertiary alicyclic amines) is 1. The predicted molar refractivity (Wildman–Crippen MR) is 131 cm³/mol. The number of fused-ring (bicyclic) bond motifs is 1. The number of benzene rings is 2. The molecule has 2 aromatic carbocycles. The van der Waals surface area contributed by atoms with E-state index in [9.17, 15) is 13.2 Å². The van der Waals surface area contributed by atoms with Crippen molar-refractivity contribution in [3.8, 4) is 0 Å². The lowest BCUT2D eigenvalue weighted by Crippen LogP contribution is -2.44. The van der Waals surface area contributed by atoms with Gasteiger partial charge in [0.2, 0.25) is 10.0 Å². The van der Waals surface area contributed by atoms with E-state index in [4.69, 9.17) is 4.98 Å². The van der Waals surface area contributed by atoms with Gasteiger partial charge in [-0.3, -0.25) is 0 Å². The van der Waals surface area contributed by atoms with E-state index in [0.717, 1.165) is 49.0 Å². The number of aromatic amines is 1. The van der Waals surface area contributed by atoms with Crippen molar-refractivity contribution < 1.29 is 13.2 Å². The van der Waals surface area contributed by atoms with Gasteiger partial charge in [-0.1, -0.05) is 36.8 Å². The zero-order valence-corrected chi connectivity index (χ0v) is 20.1. The number of hydrogen-bond donors (Lipinski definition) is 2. The fourth-order valence-electron chi connectivity index (χ4n) is 4.95. The Bertz CT molecular complexity index is 1230. The molecule has 9 heteroatoms. The van der Waals surface area contributed by atoms with Crippen LogP contribution in [0.25, 0.3) is 11.0 Å². The number of piperidine rings is 2. The van der Waals surface area contributed by atoms with Crippen LogP contribution >= 0.6 is 0 Å². The third-order valence-electron chi connectivity index (χ3n) is 6.91. The lowest BCUT2D eigenvalue weighted by molar-refractivity contribution is 0.180. The van der Waals surface area contributed by atoms with E-state index < -0.39 is 10.0 Å². The van der Waals surface area contributed by atoms with Crippen LogP contribution in [0, 0.1) is 0 Å². The largest absolute Gasteiger partial charge is 0.342 e. The van der Waals surface area contributed by atoms with Crippen molar-refractivity contribution >= 4 is 27.1 Å². The van der Waals surface area contributed by atoms with E-state index in [2.05, 4.69) is 10.3 Å². The predicted octanol–water partition coefficient (Wildman–Crippen LogP) is 3.83. The highest BCUT2D eigenvalue weighted by molar-refractivity contribution is 7.89. The van der Waals surface area contributed by atoms with Crippen LogP contribution in [0.2, 0.25) is 0 Å². The maximum absolute atomic E-state index is 13.2. The molecule has 3 aromatic rings. The van der Waals surface area contributed by atoms with Gasteiger partial charge in [0.05, 0.1) is 15.9 Å². The van der Waals surface area contributed by atoms with Crippen LogP contribution in [0.4, 0.5) is 4.79 Å². The molecule has 1 aromatic heterocycles. The summed E-state index contributed by atoms with van der Waals surface area (Å²) in [6, 6.07) is 14.8. The fraction of sp³-hybridized carbons (Fsp3) is 0.440. The first-order valence-corrected chi connectivity index (χ1v) is 13.5. The van der Waals surface area contributed by atoms with E-state index in [0.29, 0.717) is 42.6 Å². The Balaban J connectivity index is 1.19. The highest BCUT2D eigenvalue weighted by atomic mass is 32.2. The average Bonchev–Trinajstić information content (AvgIpc) is 3.32. The number of carbonyl (C=O) groups is 1. The van der Waals surface area contributed by atoms with E-state index in [1.54, 1.807) is 27.4 Å². The van der Waals surface area contributed by atoms with Gasteiger partial charge in [0, 0.05) is 38.6 Å². The fourth-order valence-corrected chi connectivity index (χ4v) is 6.69. The number of para-hydroxylation sites is 2. The molecule has 2 amide bonds. The van der Waals surface area contributed by atoms with Gasteiger partial charge in [0.25, 0.3) is 0 Å². The highest BCUT2D eigenvalue weighted by Crippen LogP contribution is 2.28. The first-order valence-electron chi connectivity index (χ1n) is 12.1. The number of amides is 2. The van der Waals surface area contributed by atoms with Gasteiger partial charge in [-0.05, 0) is 49.4 Å². The number of urea groups is 1. The number of nitrogens with zero attached hydrogens (tertiary/aromatic N) is 3. The summed E-state index contributed by atoms with van der Waals surface area (Å²) < 4.78 is 27.9. The Labute approximate surface area is 200 Å². The molecule has 2 saturated heterocycles. The van der Waals surface area contributed by atoms with Crippen LogP contribution < -0.4 is 5.32 Å². The molecule has 2 N–H and O–H groups in total. The van der Waals surface area contributed by atoms with E-state index in [1.807, 2.05) is 30.3 Å². The number of nitrogens with one attached hydrogen (secondary N) is 2. The molecule has 0 aliphatic carbocycles. The normalized spacial score (nSPS) is 18.3. The van der Waals surface area contributed by atoms with Crippen LogP contribution in [-0.2, 0) is 16.6 Å². The number of sulfonamides is 1. The minimum Gasteiger partial charge on any atom is -0.342 e. The van der Waals surface area contributed by atoms with Crippen molar-refractivity contribution in [2.24, 2.45) is 0 Å². The van der Waals surface area contributed by atoms with Crippen LogP contribution in [0.15, 0.2) is 53.4 Å². The summed E-state index contributed by atoms with van der Waals surface area (Å²) in [7, 11) is -3.56. The van der Waals surface area contributed by atoms with Crippen LogP contribution in [0.3, 0.4) is 0 Å². The molecular formula is C25H31N5O3S. The summed E-state index contributed by atoms with van der Waals surface area (Å²) in [5.74, 6) is 1.28. The van der Waals surface area contributed by atoms with Crippen molar-refractivity contribution in [1.29, 1.82) is 0 Å². The van der Waals surface area contributed by atoms with Gasteiger partial charge < -0.3 is 15.2 Å². The molecule has 34 heavy (non-hydrogen) atoms. The van der Waals surface area contributed by atoms with E-state index in [1.165, 1.54) is 0 Å². The molecule has 0 unspecified atom stereocenters. The SMILES string of the molecule is O=C(NCc1ccccc1S(=O)(=O)N1CCCCC1)N1CCC(c2nc3ccccc3[nH]2)CC1. The number of H-pyrrole nitrogens is 1. The third-order valence-corrected chi connectivity index (χ3v) is 8.91. The summed E-state index contributed by atoms with van der Waals surface area (Å²) in [4.78, 5) is 23.1. The van der Waals surface area contributed by atoms with Crippen molar-refractivity contribution in [3.63, 3.8) is 0 Å². The highest BCUT2D eigenvalue weighted by Gasteiger charge is 2.29. The standard InChI is InChI=1S/C25H31N5O3S/c31-25(29-16-12-19(13-17-29)24-27-21-9-3-4-10-22(21)28-24)26-18-20-8-2-5-11-23(20)34(32,33)30-14-6-1-7-15-30/h2-5,8-11,19H,1,6-7,12-18H2,(H,26,31)(H,27,28). The van der Waals surface area contributed by atoms with Crippen LogP contribution in [-0.4, -0.2) is 59.8 Å². The average molecular weight is 482 g/mol. The molecule has 2 fully saturated rings. The second-order valence-corrected chi connectivity index (χ2v) is 11.0. The molecule has 2 aliphatic rings. The maximum Gasteiger partial charge on any atom is 0.317 e. The number of carbonyl (C=O) groups excluding carboxylic acids is 1. The molecular weight excluding hydrogens is 450 g/mol. The summed E-state index contributed by atoms with van der Waals surface area (Å²) in [5, 5.41) is 2.94. The Kier molecular flexibility index (Phi) is 6.56. The summed E-state index contributed by atoms with van der Waals surface area (Å²) in [6.45, 7) is 2.58. The Hall–Kier alpha value is -2.91. The number of hydrogen-bond acceptors (Lipinski definition) is 4. The van der Waals surface area contributed by atoms with Gasteiger partial charge in [-0.25, -0.2) is 18.2 Å². The summed E-state index contributed by atoms with van der Waals surface area (Å²) in [5.41, 5.74) is 2.63. The van der Waals surface area contributed by atoms with Crippen molar-refractivity contribution in [3.05, 3.63) is 59.9 Å². The van der Waals surface area contributed by atoms with Gasteiger partial charge in [-0.2, -0.15) is 4.31 Å². The molecule has 3 heterocycles. The van der Waals surface area contributed by atoms with Crippen LogP contribution in [0.5, 0.6) is 0 Å². The van der Waals surface area contributed by atoms with Gasteiger partial charge in [-0.15, -0.1) is 0 Å². The molecule has 5 rings (SSSR count). The summed E-state index contributed by atoms with van der Waals surface area (Å²) in [6.07, 6.45) is 4.53. The molecule has 0 bridgehead atoms. The molecule has 8 nitrogen and oxygen atoms in total. The number of aromatic nitrogens is 2. The summed E-state index contributed by atoms with van der Waals surface area (Å²) >= 11 is 0. The van der Waals surface area contributed by atoms with E-state index in [-0.39, 0.29) is 12.6 Å². The zero-order valence-electron chi connectivity index (χ0n) is 19.2. The minimum absolute atomic E-state index is 0.159. The second kappa shape index (κ2) is 9.76. The number of rotatable bonds is 5. The van der Waals surface area contributed by atoms with Gasteiger partial charge in [0.1, 0.15) is 5.82 Å². The molecule has 2 aliphatic heterocycles. The quantitative estimate of drug-likeness (QED) is 0.579. The lowest BCUT2D eigenvalue weighted by Gasteiger charge is -2.31. The topological polar surface area (TPSA) is 98.4 Å². The maximum atomic E-state index is 13.2. The molecule has 0 spiro atoms. The van der Waals surface area contributed by atoms with Crippen molar-refractivity contribution in [2.75, 3.05) is 26.2 Å². The van der Waals surface area contributed by atoms with E-state index >= 15 is 0 Å². The number of imidazole rings is 1. The zero-order chi connectivity index (χ0) is 23.5. The monoisotopic (exact) mass is 481 g/mol. The van der Waals surface area contributed by atoms with Gasteiger partial charge in [0.15, 0.2) is 0 Å². The first-order chi connectivity index (χ1) is 16.5. The minimum atomic E-state index is -3.56. The van der Waals surface area contributed by atoms with Gasteiger partial charge >= 0.3 is 6.03 Å². The Morgan fingerprint density at radius 1 is 0.971 bits per heavy atom. The second-order valence-electron chi connectivity index (χ2n) is 9.13. The Morgan fingerprint density at radius 2 is 1.68 bits per heavy atom. The smallest absolute Gasteiger partial charge is 0.317 e. The Morgan fingerprint density at radius 3 is 2.44 bits per heavy atom. The van der Waals surface area contributed by atoms with Crippen LogP contribution in [0.1, 0.15) is 49.4 Å². The molecule has 0 atom stereocenters. The lowest BCUT2D eigenvalue weighted by atomic mass is 9.96.